The molecule has 0 aromatic heterocycles. The van der Waals surface area contributed by atoms with Crippen LogP contribution in [0.1, 0.15) is 85.5 Å². The highest BCUT2D eigenvalue weighted by Crippen LogP contribution is 2.67. The normalized spacial score (nSPS) is 47.8. The van der Waals surface area contributed by atoms with Crippen molar-refractivity contribution in [1.29, 1.82) is 0 Å². The Kier molecular flexibility index (Phi) is 6.33. The maximum Gasteiger partial charge on any atom is 0.305 e. The highest BCUT2D eigenvalue weighted by atomic mass is 16.5. The number of fused-ring (bicyclic) bond motifs is 5. The SMILES string of the molecule is CCOC(=O)CCC(C)C1CCC2C3C(=O)CC4CC(O)CCC4(C)C3CC(O)C12C. The van der Waals surface area contributed by atoms with Crippen molar-refractivity contribution in [1.82, 2.24) is 0 Å². The number of ether oxygens (including phenoxy) is 1. The van der Waals surface area contributed by atoms with Crippen molar-refractivity contribution < 1.29 is 24.5 Å². The van der Waals surface area contributed by atoms with Crippen LogP contribution in [0.15, 0.2) is 0 Å². The zero-order valence-electron chi connectivity index (χ0n) is 19.8. The number of aliphatic hydroxyl groups is 2. The average Bonchev–Trinajstić information content (AvgIpc) is 3.07. The van der Waals surface area contributed by atoms with Gasteiger partial charge in [0, 0.05) is 24.2 Å². The number of carbonyl (C=O) groups excluding carboxylic acids is 2. The standard InChI is InChI=1S/C26H42O5/c1-5-31-23(30)9-6-15(2)18-7-8-19-24-20(14-22(29)26(18,19)4)25(3)11-10-17(27)12-16(25)13-21(24)28/h15-20,22,24,27,29H,5-14H2,1-4H3. The van der Waals surface area contributed by atoms with E-state index in [4.69, 9.17) is 4.74 Å². The van der Waals surface area contributed by atoms with Gasteiger partial charge in [-0.1, -0.05) is 20.8 Å². The van der Waals surface area contributed by atoms with Crippen LogP contribution in [0.3, 0.4) is 0 Å². The van der Waals surface area contributed by atoms with Gasteiger partial charge in [0.25, 0.3) is 0 Å². The van der Waals surface area contributed by atoms with Crippen molar-refractivity contribution in [2.75, 3.05) is 6.61 Å². The number of hydrogen-bond acceptors (Lipinski definition) is 5. The summed E-state index contributed by atoms with van der Waals surface area (Å²) < 4.78 is 5.11. The molecule has 0 aliphatic heterocycles. The number of ketones is 1. The first-order valence-corrected chi connectivity index (χ1v) is 12.7. The van der Waals surface area contributed by atoms with Crippen molar-refractivity contribution in [2.24, 2.45) is 46.3 Å². The summed E-state index contributed by atoms with van der Waals surface area (Å²) in [4.78, 5) is 25.3. The van der Waals surface area contributed by atoms with Crippen LogP contribution in [-0.2, 0) is 14.3 Å². The lowest BCUT2D eigenvalue weighted by atomic mass is 9.43. The van der Waals surface area contributed by atoms with Crippen molar-refractivity contribution in [3.63, 3.8) is 0 Å². The van der Waals surface area contributed by atoms with E-state index in [2.05, 4.69) is 20.8 Å². The lowest BCUT2D eigenvalue weighted by Gasteiger charge is -2.61. The molecule has 0 radical (unpaired) electrons. The number of hydrogen-bond donors (Lipinski definition) is 2. The minimum absolute atomic E-state index is 0.0483. The molecule has 31 heavy (non-hydrogen) atoms. The maximum atomic E-state index is 13.5. The third-order valence-corrected chi connectivity index (χ3v) is 10.4. The van der Waals surface area contributed by atoms with E-state index in [1.165, 1.54) is 0 Å². The Morgan fingerprint density at radius 2 is 1.90 bits per heavy atom. The molecule has 0 saturated heterocycles. The molecule has 5 nitrogen and oxygen atoms in total. The highest BCUT2D eigenvalue weighted by molar-refractivity contribution is 5.83. The molecule has 4 saturated carbocycles. The van der Waals surface area contributed by atoms with E-state index in [0.717, 1.165) is 38.5 Å². The zero-order chi connectivity index (χ0) is 22.6. The highest BCUT2D eigenvalue weighted by Gasteiger charge is 2.65. The molecule has 0 aromatic carbocycles. The second-order valence-corrected chi connectivity index (χ2v) is 11.7. The first-order chi connectivity index (χ1) is 14.6. The van der Waals surface area contributed by atoms with Crippen molar-refractivity contribution in [3.8, 4) is 0 Å². The largest absolute Gasteiger partial charge is 0.466 e. The molecule has 10 unspecified atom stereocenters. The molecule has 0 spiro atoms. The van der Waals surface area contributed by atoms with E-state index in [-0.39, 0.29) is 46.6 Å². The van der Waals surface area contributed by atoms with Crippen LogP contribution in [0.2, 0.25) is 0 Å². The van der Waals surface area contributed by atoms with Crippen LogP contribution in [0.4, 0.5) is 0 Å². The predicted molar refractivity (Wildman–Crippen MR) is 118 cm³/mol. The van der Waals surface area contributed by atoms with E-state index in [1.54, 1.807) is 0 Å². The van der Waals surface area contributed by atoms with Gasteiger partial charge in [-0.25, -0.2) is 0 Å². The molecular formula is C26H42O5. The van der Waals surface area contributed by atoms with Gasteiger partial charge in [-0.2, -0.15) is 0 Å². The molecule has 4 rings (SSSR count). The summed E-state index contributed by atoms with van der Waals surface area (Å²) in [6.45, 7) is 9.01. The van der Waals surface area contributed by atoms with Gasteiger partial charge in [0.2, 0.25) is 0 Å². The topological polar surface area (TPSA) is 83.8 Å². The smallest absolute Gasteiger partial charge is 0.305 e. The molecule has 4 aliphatic rings. The summed E-state index contributed by atoms with van der Waals surface area (Å²) in [5, 5.41) is 21.8. The average molecular weight is 435 g/mol. The van der Waals surface area contributed by atoms with Crippen molar-refractivity contribution in [2.45, 2.75) is 97.7 Å². The van der Waals surface area contributed by atoms with E-state index in [1.807, 2.05) is 6.92 Å². The molecule has 176 valence electrons. The number of Topliss-reactive ketones (excluding diaryl/α,β-unsaturated/α-hetero) is 1. The number of aliphatic hydroxyl groups excluding tert-OH is 2. The second-order valence-electron chi connectivity index (χ2n) is 11.7. The predicted octanol–water partition coefficient (Wildman–Crippen LogP) is 4.14. The van der Waals surface area contributed by atoms with E-state index >= 15 is 0 Å². The Balaban J connectivity index is 1.55. The van der Waals surface area contributed by atoms with Gasteiger partial charge in [0.15, 0.2) is 0 Å². The summed E-state index contributed by atoms with van der Waals surface area (Å²) in [7, 11) is 0. The lowest BCUT2D eigenvalue weighted by Crippen LogP contribution is -2.61. The van der Waals surface area contributed by atoms with Gasteiger partial charge in [-0.15, -0.1) is 0 Å². The quantitative estimate of drug-likeness (QED) is 0.636. The minimum atomic E-state index is -0.411. The van der Waals surface area contributed by atoms with Crippen LogP contribution in [0, 0.1) is 46.3 Å². The van der Waals surface area contributed by atoms with Gasteiger partial charge >= 0.3 is 5.97 Å². The van der Waals surface area contributed by atoms with E-state index < -0.39 is 6.10 Å². The monoisotopic (exact) mass is 434 g/mol. The lowest BCUT2D eigenvalue weighted by molar-refractivity contribution is -0.182. The van der Waals surface area contributed by atoms with Crippen molar-refractivity contribution in [3.05, 3.63) is 0 Å². The number of carbonyl (C=O) groups is 2. The number of rotatable bonds is 5. The van der Waals surface area contributed by atoms with Crippen LogP contribution in [0.5, 0.6) is 0 Å². The Bertz CT molecular complexity index is 706. The molecule has 0 aromatic rings. The first kappa shape index (κ1) is 23.2. The zero-order valence-corrected chi connectivity index (χ0v) is 19.8. The fourth-order valence-electron chi connectivity index (χ4n) is 8.62. The first-order valence-electron chi connectivity index (χ1n) is 12.7. The fourth-order valence-corrected chi connectivity index (χ4v) is 8.62. The summed E-state index contributed by atoms with van der Waals surface area (Å²) in [6.07, 6.45) is 6.34. The van der Waals surface area contributed by atoms with Crippen LogP contribution in [0.25, 0.3) is 0 Å². The van der Waals surface area contributed by atoms with E-state index in [9.17, 15) is 19.8 Å². The summed E-state index contributed by atoms with van der Waals surface area (Å²) >= 11 is 0. The van der Waals surface area contributed by atoms with Gasteiger partial charge in [-0.05, 0) is 86.9 Å². The second kappa shape index (κ2) is 8.44. The molecule has 0 heterocycles. The third-order valence-electron chi connectivity index (χ3n) is 10.4. The maximum absolute atomic E-state index is 13.5. The van der Waals surface area contributed by atoms with Gasteiger partial charge in [-0.3, -0.25) is 9.59 Å². The summed E-state index contributed by atoms with van der Waals surface area (Å²) in [5.74, 6) is 1.64. The molecule has 4 aliphatic carbocycles. The third kappa shape index (κ3) is 3.68. The molecule has 5 heteroatoms. The molecule has 10 atom stereocenters. The fraction of sp³-hybridized carbons (Fsp3) is 0.923. The van der Waals surface area contributed by atoms with Crippen LogP contribution >= 0.6 is 0 Å². The Morgan fingerprint density at radius 3 is 2.61 bits per heavy atom. The molecule has 4 fully saturated rings. The Labute approximate surface area is 187 Å². The minimum Gasteiger partial charge on any atom is -0.466 e. The van der Waals surface area contributed by atoms with Crippen molar-refractivity contribution >= 4 is 11.8 Å². The van der Waals surface area contributed by atoms with Crippen LogP contribution in [-0.4, -0.2) is 40.8 Å². The molecule has 0 amide bonds. The van der Waals surface area contributed by atoms with Gasteiger partial charge < -0.3 is 14.9 Å². The number of esters is 1. The summed E-state index contributed by atoms with van der Waals surface area (Å²) in [6, 6.07) is 0. The molecular weight excluding hydrogens is 392 g/mol. The Morgan fingerprint density at radius 1 is 1.16 bits per heavy atom. The van der Waals surface area contributed by atoms with Gasteiger partial charge in [0.1, 0.15) is 5.78 Å². The molecule has 2 N–H and O–H groups in total. The molecule has 0 bridgehead atoms. The van der Waals surface area contributed by atoms with Crippen LogP contribution < -0.4 is 0 Å². The summed E-state index contributed by atoms with van der Waals surface area (Å²) in [5.41, 5.74) is -0.212. The Hall–Kier alpha value is -0.940. The van der Waals surface area contributed by atoms with E-state index in [0.29, 0.717) is 43.5 Å². The van der Waals surface area contributed by atoms with Gasteiger partial charge in [0.05, 0.1) is 18.8 Å².